The van der Waals surface area contributed by atoms with Crippen LogP contribution in [-0.4, -0.2) is 34.8 Å². The van der Waals surface area contributed by atoms with Crippen molar-refractivity contribution >= 4 is 17.5 Å². The lowest BCUT2D eigenvalue weighted by atomic mass is 9.95. The second-order valence-corrected chi connectivity index (χ2v) is 6.35. The second kappa shape index (κ2) is 7.92. The third-order valence-corrected chi connectivity index (χ3v) is 4.69. The molecule has 5 heteroatoms. The molecule has 25 heavy (non-hydrogen) atoms. The summed E-state index contributed by atoms with van der Waals surface area (Å²) in [7, 11) is 0. The number of pyridine rings is 1. The largest absolute Gasteiger partial charge is 0.339 e. The van der Waals surface area contributed by atoms with Gasteiger partial charge in [-0.3, -0.25) is 14.6 Å². The van der Waals surface area contributed by atoms with Gasteiger partial charge in [0.25, 0.3) is 5.91 Å². The van der Waals surface area contributed by atoms with E-state index in [4.69, 9.17) is 0 Å². The Bertz CT molecular complexity index is 720. The van der Waals surface area contributed by atoms with Crippen molar-refractivity contribution in [3.8, 4) is 0 Å². The summed E-state index contributed by atoms with van der Waals surface area (Å²) in [5.74, 6) is -0.0244. The number of nitrogens with zero attached hydrogens (tertiary/aromatic N) is 2. The monoisotopic (exact) mass is 337 g/mol. The summed E-state index contributed by atoms with van der Waals surface area (Å²) < 4.78 is 0. The summed E-state index contributed by atoms with van der Waals surface area (Å²) in [5.41, 5.74) is 2.68. The Labute approximate surface area is 148 Å². The van der Waals surface area contributed by atoms with E-state index < -0.39 is 0 Å². The van der Waals surface area contributed by atoms with Crippen LogP contribution in [0, 0.1) is 5.92 Å². The lowest BCUT2D eigenvalue weighted by Gasteiger charge is -2.31. The minimum atomic E-state index is -0.0520. The number of anilines is 1. The molecule has 0 bridgehead atoms. The van der Waals surface area contributed by atoms with Crippen LogP contribution in [0.15, 0.2) is 48.8 Å². The lowest BCUT2D eigenvalue weighted by Crippen LogP contribution is -2.41. The molecule has 1 N–H and O–H groups in total. The maximum atomic E-state index is 12.4. The zero-order valence-corrected chi connectivity index (χ0v) is 14.4. The number of aryl methyl sites for hydroxylation is 1. The second-order valence-electron chi connectivity index (χ2n) is 6.35. The van der Waals surface area contributed by atoms with Crippen LogP contribution in [0.2, 0.25) is 0 Å². The van der Waals surface area contributed by atoms with E-state index in [9.17, 15) is 9.59 Å². The van der Waals surface area contributed by atoms with Gasteiger partial charge in [-0.2, -0.15) is 0 Å². The van der Waals surface area contributed by atoms with Crippen molar-refractivity contribution in [2.24, 2.45) is 5.92 Å². The highest BCUT2D eigenvalue weighted by atomic mass is 16.2. The molecule has 0 spiro atoms. The van der Waals surface area contributed by atoms with Crippen LogP contribution in [0.1, 0.15) is 35.7 Å². The zero-order chi connectivity index (χ0) is 17.6. The van der Waals surface area contributed by atoms with Crippen LogP contribution in [0.3, 0.4) is 0 Å². The van der Waals surface area contributed by atoms with E-state index in [1.165, 1.54) is 5.56 Å². The number of carbonyl (C=O) groups is 2. The van der Waals surface area contributed by atoms with Gasteiger partial charge in [-0.1, -0.05) is 19.1 Å². The van der Waals surface area contributed by atoms with E-state index in [-0.39, 0.29) is 17.7 Å². The van der Waals surface area contributed by atoms with Gasteiger partial charge in [-0.15, -0.1) is 0 Å². The highest BCUT2D eigenvalue weighted by Gasteiger charge is 2.27. The molecule has 3 rings (SSSR count). The Balaban J connectivity index is 1.53. The number of amides is 2. The van der Waals surface area contributed by atoms with Gasteiger partial charge in [0.15, 0.2) is 0 Å². The molecule has 1 aromatic heterocycles. The highest BCUT2D eigenvalue weighted by molar-refractivity contribution is 5.95. The fourth-order valence-electron chi connectivity index (χ4n) is 3.08. The van der Waals surface area contributed by atoms with Crippen LogP contribution in [-0.2, 0) is 11.2 Å². The predicted octanol–water partition coefficient (Wildman–Crippen LogP) is 3.13. The summed E-state index contributed by atoms with van der Waals surface area (Å²) in [6.45, 7) is 3.30. The fourth-order valence-corrected chi connectivity index (χ4v) is 3.08. The number of nitrogens with one attached hydrogen (secondary N) is 1. The highest BCUT2D eigenvalue weighted by Crippen LogP contribution is 2.21. The van der Waals surface area contributed by atoms with Crippen molar-refractivity contribution in [1.82, 2.24) is 9.88 Å². The maximum absolute atomic E-state index is 12.4. The van der Waals surface area contributed by atoms with Crippen LogP contribution in [0.5, 0.6) is 0 Å². The number of benzene rings is 1. The number of aromatic nitrogens is 1. The third kappa shape index (κ3) is 4.24. The van der Waals surface area contributed by atoms with Crippen molar-refractivity contribution < 1.29 is 9.59 Å². The van der Waals surface area contributed by atoms with E-state index in [0.717, 1.165) is 12.1 Å². The van der Waals surface area contributed by atoms with Gasteiger partial charge >= 0.3 is 0 Å². The van der Waals surface area contributed by atoms with Crippen molar-refractivity contribution in [1.29, 1.82) is 0 Å². The van der Waals surface area contributed by atoms with Crippen LogP contribution in [0.4, 0.5) is 5.69 Å². The van der Waals surface area contributed by atoms with Gasteiger partial charge in [-0.05, 0) is 49.1 Å². The first kappa shape index (κ1) is 17.1. The number of piperidine rings is 1. The average molecular weight is 337 g/mol. The molecule has 1 saturated heterocycles. The molecule has 0 aliphatic carbocycles. The Hall–Kier alpha value is -2.69. The summed E-state index contributed by atoms with van der Waals surface area (Å²) in [5, 5.41) is 2.99. The SMILES string of the molecule is CCc1ccc(NC(=O)C2CCN(C(=O)c3cccnc3)CC2)cc1. The molecule has 0 unspecified atom stereocenters. The fraction of sp³-hybridized carbons (Fsp3) is 0.350. The average Bonchev–Trinajstić information content (AvgIpc) is 2.69. The molecule has 0 atom stereocenters. The number of hydrogen-bond acceptors (Lipinski definition) is 3. The molecule has 1 aliphatic heterocycles. The summed E-state index contributed by atoms with van der Waals surface area (Å²) in [4.78, 5) is 30.7. The normalized spacial score (nSPS) is 15.0. The molecule has 130 valence electrons. The van der Waals surface area contributed by atoms with E-state index in [1.807, 2.05) is 24.3 Å². The Morgan fingerprint density at radius 3 is 2.48 bits per heavy atom. The molecule has 2 aromatic rings. The zero-order valence-electron chi connectivity index (χ0n) is 14.4. The Kier molecular flexibility index (Phi) is 5.43. The number of carbonyl (C=O) groups excluding carboxylic acids is 2. The molecule has 0 radical (unpaired) electrons. The number of hydrogen-bond donors (Lipinski definition) is 1. The van der Waals surface area contributed by atoms with Crippen molar-refractivity contribution in [2.75, 3.05) is 18.4 Å². The smallest absolute Gasteiger partial charge is 0.255 e. The predicted molar refractivity (Wildman–Crippen MR) is 97.3 cm³/mol. The standard InChI is InChI=1S/C20H23N3O2/c1-2-15-5-7-18(8-6-15)22-19(24)16-9-12-23(13-10-16)20(25)17-4-3-11-21-14-17/h3-8,11,14,16H,2,9-10,12-13H2,1H3,(H,22,24). The lowest BCUT2D eigenvalue weighted by molar-refractivity contribution is -0.121. The minimum Gasteiger partial charge on any atom is -0.339 e. The van der Waals surface area contributed by atoms with Gasteiger partial charge in [0, 0.05) is 37.1 Å². The molecular formula is C20H23N3O2. The van der Waals surface area contributed by atoms with E-state index >= 15 is 0 Å². The van der Waals surface area contributed by atoms with Crippen LogP contribution in [0.25, 0.3) is 0 Å². The molecule has 2 amide bonds. The van der Waals surface area contributed by atoms with Gasteiger partial charge in [0.1, 0.15) is 0 Å². The van der Waals surface area contributed by atoms with E-state index in [2.05, 4.69) is 17.2 Å². The summed E-state index contributed by atoms with van der Waals surface area (Å²) >= 11 is 0. The summed E-state index contributed by atoms with van der Waals surface area (Å²) in [6.07, 6.45) is 5.59. The van der Waals surface area contributed by atoms with Gasteiger partial charge in [0.05, 0.1) is 5.56 Å². The van der Waals surface area contributed by atoms with Crippen molar-refractivity contribution in [3.05, 3.63) is 59.9 Å². The number of rotatable bonds is 4. The molecule has 5 nitrogen and oxygen atoms in total. The molecule has 1 aromatic carbocycles. The first-order valence-corrected chi connectivity index (χ1v) is 8.76. The van der Waals surface area contributed by atoms with E-state index in [1.54, 1.807) is 29.4 Å². The van der Waals surface area contributed by atoms with Crippen LogP contribution >= 0.6 is 0 Å². The first-order chi connectivity index (χ1) is 12.2. The Morgan fingerprint density at radius 1 is 1.16 bits per heavy atom. The third-order valence-electron chi connectivity index (χ3n) is 4.69. The van der Waals surface area contributed by atoms with E-state index in [0.29, 0.717) is 31.5 Å². The first-order valence-electron chi connectivity index (χ1n) is 8.76. The quantitative estimate of drug-likeness (QED) is 0.932. The molecule has 1 fully saturated rings. The topological polar surface area (TPSA) is 62.3 Å². The molecule has 0 saturated carbocycles. The van der Waals surface area contributed by atoms with Gasteiger partial charge < -0.3 is 10.2 Å². The van der Waals surface area contributed by atoms with Crippen molar-refractivity contribution in [3.63, 3.8) is 0 Å². The summed E-state index contributed by atoms with van der Waals surface area (Å²) in [6, 6.07) is 11.5. The molecular weight excluding hydrogens is 314 g/mol. The van der Waals surface area contributed by atoms with Crippen molar-refractivity contribution in [2.45, 2.75) is 26.2 Å². The maximum Gasteiger partial charge on any atom is 0.255 e. The molecule has 2 heterocycles. The van der Waals surface area contributed by atoms with Crippen LogP contribution < -0.4 is 5.32 Å². The Morgan fingerprint density at radius 2 is 1.88 bits per heavy atom. The minimum absolute atomic E-state index is 0.0119. The van der Waals surface area contributed by atoms with Gasteiger partial charge in [0.2, 0.25) is 5.91 Å². The molecule has 1 aliphatic rings. The number of likely N-dealkylation sites (tertiary alicyclic amines) is 1. The van der Waals surface area contributed by atoms with Gasteiger partial charge in [-0.25, -0.2) is 0 Å².